The van der Waals surface area contributed by atoms with Gasteiger partial charge in [0.1, 0.15) is 10.0 Å². The highest BCUT2D eigenvalue weighted by Gasteiger charge is 2.29. The van der Waals surface area contributed by atoms with Crippen LogP contribution in [0.2, 0.25) is 0 Å². The second-order valence-electron chi connectivity index (χ2n) is 7.73. The lowest BCUT2D eigenvalue weighted by Gasteiger charge is -2.32. The van der Waals surface area contributed by atoms with Gasteiger partial charge in [0.25, 0.3) is 0 Å². The van der Waals surface area contributed by atoms with Gasteiger partial charge in [-0.1, -0.05) is 43.2 Å². The number of likely N-dealkylation sites (tertiary alicyclic amines) is 1. The van der Waals surface area contributed by atoms with Gasteiger partial charge in [-0.05, 0) is 37.2 Å². The molecule has 2 aromatic rings. The van der Waals surface area contributed by atoms with E-state index >= 15 is 0 Å². The summed E-state index contributed by atoms with van der Waals surface area (Å²) in [5.74, 6) is 1.34. The first-order chi connectivity index (χ1) is 12.8. The quantitative estimate of drug-likeness (QED) is 0.784. The Morgan fingerprint density at radius 1 is 1.08 bits per heavy atom. The molecule has 1 saturated heterocycles. The van der Waals surface area contributed by atoms with Crippen LogP contribution < -0.4 is 0 Å². The summed E-state index contributed by atoms with van der Waals surface area (Å²) < 4.78 is 0. The summed E-state index contributed by atoms with van der Waals surface area (Å²) in [6, 6.07) is 10.4. The van der Waals surface area contributed by atoms with E-state index in [1.165, 1.54) is 31.2 Å². The molecule has 5 heteroatoms. The van der Waals surface area contributed by atoms with E-state index in [9.17, 15) is 4.79 Å². The minimum absolute atomic E-state index is 0.357. The molecule has 0 bridgehead atoms. The van der Waals surface area contributed by atoms with Crippen molar-refractivity contribution in [3.05, 3.63) is 45.9 Å². The minimum atomic E-state index is 0.357. The molecule has 1 aromatic heterocycles. The molecule has 2 heterocycles. The Bertz CT molecular complexity index is 724. The molecule has 1 amide bonds. The molecule has 138 valence electrons. The van der Waals surface area contributed by atoms with Crippen LogP contribution >= 0.6 is 11.3 Å². The molecule has 2 aliphatic rings. The van der Waals surface area contributed by atoms with E-state index in [1.807, 2.05) is 6.07 Å². The molecule has 26 heavy (non-hydrogen) atoms. The van der Waals surface area contributed by atoms with E-state index in [2.05, 4.69) is 39.4 Å². The van der Waals surface area contributed by atoms with E-state index in [4.69, 9.17) is 0 Å². The Labute approximate surface area is 159 Å². The van der Waals surface area contributed by atoms with E-state index in [-0.39, 0.29) is 0 Å². The highest BCUT2D eigenvalue weighted by molar-refractivity contribution is 7.11. The Hall–Kier alpha value is -1.75. The maximum Gasteiger partial charge on any atom is 0.222 e. The monoisotopic (exact) mass is 369 g/mol. The minimum Gasteiger partial charge on any atom is -0.342 e. The molecule has 4 nitrogen and oxygen atoms in total. The SMILES string of the molecule is O=C(CC1CCCC1)N1CCCC(c2nnc(Cc3ccccc3)s2)C1. The molecule has 1 saturated carbocycles. The first-order valence-electron chi connectivity index (χ1n) is 9.92. The molecule has 2 fully saturated rings. The number of rotatable bonds is 5. The van der Waals surface area contributed by atoms with Gasteiger partial charge in [-0.3, -0.25) is 4.79 Å². The molecule has 4 rings (SSSR count). The van der Waals surface area contributed by atoms with Gasteiger partial charge in [-0.15, -0.1) is 21.5 Å². The fourth-order valence-electron chi connectivity index (χ4n) is 4.27. The molecule has 1 unspecified atom stereocenters. The second-order valence-corrected chi connectivity index (χ2v) is 8.82. The fourth-order valence-corrected chi connectivity index (χ4v) is 5.27. The van der Waals surface area contributed by atoms with Gasteiger partial charge in [0.05, 0.1) is 0 Å². The third-order valence-electron chi connectivity index (χ3n) is 5.74. The summed E-state index contributed by atoms with van der Waals surface area (Å²) in [6.45, 7) is 1.74. The van der Waals surface area contributed by atoms with E-state index in [0.29, 0.717) is 17.7 Å². The first kappa shape index (κ1) is 17.7. The van der Waals surface area contributed by atoms with Crippen molar-refractivity contribution in [2.45, 2.75) is 57.3 Å². The fraction of sp³-hybridized carbons (Fsp3) is 0.571. The zero-order valence-corrected chi connectivity index (χ0v) is 16.1. The number of amides is 1. The summed E-state index contributed by atoms with van der Waals surface area (Å²) in [7, 11) is 0. The van der Waals surface area contributed by atoms with E-state index < -0.39 is 0 Å². The highest BCUT2D eigenvalue weighted by Crippen LogP contribution is 2.32. The molecule has 0 radical (unpaired) electrons. The molecular weight excluding hydrogens is 342 g/mol. The molecule has 0 spiro atoms. The largest absolute Gasteiger partial charge is 0.342 e. The van der Waals surface area contributed by atoms with Gasteiger partial charge in [0.15, 0.2) is 0 Å². The van der Waals surface area contributed by atoms with Crippen molar-refractivity contribution >= 4 is 17.2 Å². The van der Waals surface area contributed by atoms with Crippen LogP contribution in [0.3, 0.4) is 0 Å². The standard InChI is InChI=1S/C21H27N3OS/c25-20(14-17-9-4-5-10-17)24-12-6-11-18(15-24)21-23-22-19(26-21)13-16-7-2-1-3-8-16/h1-3,7-8,17-18H,4-6,9-15H2. The van der Waals surface area contributed by atoms with Crippen molar-refractivity contribution in [1.82, 2.24) is 15.1 Å². The number of benzene rings is 1. The van der Waals surface area contributed by atoms with Crippen LogP contribution in [0, 0.1) is 5.92 Å². The number of hydrogen-bond donors (Lipinski definition) is 0. The van der Waals surface area contributed by atoms with Crippen LogP contribution in [0.5, 0.6) is 0 Å². The molecule has 1 aliphatic carbocycles. The molecular formula is C21H27N3OS. The van der Waals surface area contributed by atoms with Gasteiger partial charge in [0.2, 0.25) is 5.91 Å². The number of carbonyl (C=O) groups is 1. The lowest BCUT2D eigenvalue weighted by Crippen LogP contribution is -2.39. The van der Waals surface area contributed by atoms with Crippen molar-refractivity contribution in [3.63, 3.8) is 0 Å². The molecule has 1 aromatic carbocycles. The van der Waals surface area contributed by atoms with Crippen LogP contribution in [0.1, 0.15) is 66.4 Å². The zero-order valence-electron chi connectivity index (χ0n) is 15.3. The Morgan fingerprint density at radius 2 is 1.88 bits per heavy atom. The number of nitrogens with zero attached hydrogens (tertiary/aromatic N) is 3. The van der Waals surface area contributed by atoms with Crippen molar-refractivity contribution in [2.75, 3.05) is 13.1 Å². The first-order valence-corrected chi connectivity index (χ1v) is 10.7. The Morgan fingerprint density at radius 3 is 2.69 bits per heavy atom. The zero-order chi connectivity index (χ0) is 17.8. The Kier molecular flexibility index (Phi) is 5.63. The third kappa shape index (κ3) is 4.32. The maximum absolute atomic E-state index is 12.7. The number of carbonyl (C=O) groups excluding carboxylic acids is 1. The molecule has 1 aliphatic heterocycles. The summed E-state index contributed by atoms with van der Waals surface area (Å²) in [5, 5.41) is 11.0. The number of hydrogen-bond acceptors (Lipinski definition) is 4. The summed E-state index contributed by atoms with van der Waals surface area (Å²) >= 11 is 1.72. The predicted molar refractivity (Wildman–Crippen MR) is 104 cm³/mol. The van der Waals surface area contributed by atoms with Gasteiger partial charge >= 0.3 is 0 Å². The topological polar surface area (TPSA) is 46.1 Å². The van der Waals surface area contributed by atoms with Crippen LogP contribution in [0.15, 0.2) is 30.3 Å². The average Bonchev–Trinajstić information content (AvgIpc) is 3.35. The maximum atomic E-state index is 12.7. The molecule has 0 N–H and O–H groups in total. The van der Waals surface area contributed by atoms with Gasteiger partial charge in [-0.25, -0.2) is 0 Å². The van der Waals surface area contributed by atoms with Gasteiger partial charge in [0, 0.05) is 31.8 Å². The van der Waals surface area contributed by atoms with Crippen molar-refractivity contribution in [2.24, 2.45) is 5.92 Å². The number of aromatic nitrogens is 2. The van der Waals surface area contributed by atoms with Crippen molar-refractivity contribution in [1.29, 1.82) is 0 Å². The summed E-state index contributed by atoms with van der Waals surface area (Å²) in [4.78, 5) is 14.8. The normalized spacial score (nSPS) is 21.2. The third-order valence-corrected chi connectivity index (χ3v) is 6.83. The van der Waals surface area contributed by atoms with Crippen molar-refractivity contribution in [3.8, 4) is 0 Å². The van der Waals surface area contributed by atoms with Crippen LogP contribution in [-0.4, -0.2) is 34.1 Å². The van der Waals surface area contributed by atoms with Crippen LogP contribution in [0.25, 0.3) is 0 Å². The van der Waals surface area contributed by atoms with Crippen LogP contribution in [-0.2, 0) is 11.2 Å². The predicted octanol–water partition coefficient (Wildman–Crippen LogP) is 4.42. The van der Waals surface area contributed by atoms with Gasteiger partial charge < -0.3 is 4.90 Å². The van der Waals surface area contributed by atoms with Crippen LogP contribution in [0.4, 0.5) is 0 Å². The van der Waals surface area contributed by atoms with E-state index in [1.54, 1.807) is 11.3 Å². The molecule has 1 atom stereocenters. The summed E-state index contributed by atoms with van der Waals surface area (Å²) in [6.07, 6.45) is 8.87. The van der Waals surface area contributed by atoms with E-state index in [0.717, 1.165) is 48.8 Å². The number of piperidine rings is 1. The second kappa shape index (κ2) is 8.30. The Balaban J connectivity index is 1.36. The lowest BCUT2D eigenvalue weighted by atomic mass is 9.97. The van der Waals surface area contributed by atoms with Crippen molar-refractivity contribution < 1.29 is 4.79 Å². The summed E-state index contributed by atoms with van der Waals surface area (Å²) in [5.41, 5.74) is 1.27. The highest BCUT2D eigenvalue weighted by atomic mass is 32.1. The smallest absolute Gasteiger partial charge is 0.222 e. The lowest BCUT2D eigenvalue weighted by molar-refractivity contribution is -0.133. The average molecular weight is 370 g/mol. The van der Waals surface area contributed by atoms with Gasteiger partial charge in [-0.2, -0.15) is 0 Å².